The lowest BCUT2D eigenvalue weighted by molar-refractivity contribution is -0.870. The summed E-state index contributed by atoms with van der Waals surface area (Å²) < 4.78 is 23.0. The van der Waals surface area contributed by atoms with Gasteiger partial charge < -0.3 is 28.5 Å². The van der Waals surface area contributed by atoms with E-state index in [4.69, 9.17) is 18.9 Å². The number of carboxylic acid groups (broad SMARTS) is 1. The Kier molecular flexibility index (Phi) is 64.6. The number of esters is 2. The van der Waals surface area contributed by atoms with E-state index in [-0.39, 0.29) is 32.2 Å². The maximum Gasteiger partial charge on any atom is 0.361 e. The Hall–Kier alpha value is -3.01. The minimum absolute atomic E-state index is 0.181. The number of carbonyl (C=O) groups is 3. The third kappa shape index (κ3) is 68.3. The van der Waals surface area contributed by atoms with Crippen molar-refractivity contribution in [3.8, 4) is 0 Å². The molecule has 0 aromatic rings. The second-order valence-corrected chi connectivity index (χ2v) is 25.9. The summed E-state index contributed by atoms with van der Waals surface area (Å²) in [4.78, 5) is 37.6. The molecule has 0 aromatic carbocycles. The molecule has 0 saturated heterocycles. The molecule has 0 rings (SSSR count). The van der Waals surface area contributed by atoms with Crippen LogP contribution in [0.1, 0.15) is 348 Å². The minimum atomic E-state index is -1.51. The summed E-state index contributed by atoms with van der Waals surface area (Å²) in [5.41, 5.74) is 0. The molecule has 0 heterocycles. The number of carbonyl (C=O) groups excluding carboxylic acids is 2. The zero-order valence-corrected chi connectivity index (χ0v) is 56.8. The van der Waals surface area contributed by atoms with Crippen molar-refractivity contribution < 1.29 is 42.9 Å². The van der Waals surface area contributed by atoms with E-state index in [2.05, 4.69) is 74.6 Å². The Balaban J connectivity index is 4.04. The number of quaternary nitrogens is 1. The molecule has 2 atom stereocenters. The van der Waals surface area contributed by atoms with Crippen molar-refractivity contribution in [1.29, 1.82) is 0 Å². The highest BCUT2D eigenvalue weighted by atomic mass is 16.7. The molecule has 0 aromatic heterocycles. The fourth-order valence-electron chi connectivity index (χ4n) is 10.6. The summed E-state index contributed by atoms with van der Waals surface area (Å²) in [7, 11) is 5.98. The van der Waals surface area contributed by atoms with Gasteiger partial charge in [0, 0.05) is 12.8 Å². The molecule has 496 valence electrons. The van der Waals surface area contributed by atoms with Crippen LogP contribution in [0.25, 0.3) is 0 Å². The normalized spacial score (nSPS) is 13.0. The van der Waals surface area contributed by atoms with E-state index in [1.807, 2.05) is 21.1 Å². The van der Waals surface area contributed by atoms with E-state index in [9.17, 15) is 19.5 Å². The van der Waals surface area contributed by atoms with Gasteiger partial charge in [0.25, 0.3) is 6.29 Å². The summed E-state index contributed by atoms with van der Waals surface area (Å²) in [6, 6.07) is 0. The Labute approximate surface area is 526 Å². The van der Waals surface area contributed by atoms with Crippen LogP contribution < -0.4 is 0 Å². The quantitative estimate of drug-likeness (QED) is 0.0211. The van der Waals surface area contributed by atoms with Crippen LogP contribution in [0.2, 0.25) is 0 Å². The topological polar surface area (TPSA) is 108 Å². The van der Waals surface area contributed by atoms with Gasteiger partial charge in [-0.2, -0.15) is 0 Å². The summed E-state index contributed by atoms with van der Waals surface area (Å²) in [5.74, 6) is -1.99. The maximum atomic E-state index is 12.9. The van der Waals surface area contributed by atoms with Gasteiger partial charge >= 0.3 is 17.9 Å². The van der Waals surface area contributed by atoms with Crippen LogP contribution >= 0.6 is 0 Å². The smallest absolute Gasteiger partial charge is 0.361 e. The standard InChI is InChI=1S/C76H139NO8/c1-6-8-10-12-14-16-18-20-22-24-26-28-30-32-33-34-35-36-37-38-39-40-41-43-44-46-48-50-52-54-56-58-60-62-64-66-73(78)83-70-72(71-84-76(75(80)81)82-69-68-77(3,4)5)85-74(79)67-65-63-61-59-57-55-53-51-49-47-45-42-31-29-27-25-23-21-19-17-15-13-11-9-7-2/h18-21,24-27,31,42,72,76H,6-17,22-23,28-30,32-41,43-71H2,1-5H3/p+1/b20-18-,21-19-,26-24-,27-25-,42-31-. The molecule has 0 bridgehead atoms. The number of rotatable bonds is 68. The Morgan fingerprint density at radius 2 is 0.635 bits per heavy atom. The molecule has 9 heteroatoms. The molecule has 0 aliphatic heterocycles. The molecule has 0 fully saturated rings. The molecule has 85 heavy (non-hydrogen) atoms. The number of hydrogen-bond acceptors (Lipinski definition) is 7. The molecule has 0 spiro atoms. The first kappa shape index (κ1) is 82.0. The lowest BCUT2D eigenvalue weighted by Gasteiger charge is -2.25. The van der Waals surface area contributed by atoms with Gasteiger partial charge in [0.1, 0.15) is 13.2 Å². The molecule has 0 radical (unpaired) electrons. The molecule has 1 N–H and O–H groups in total. The highest BCUT2D eigenvalue weighted by Crippen LogP contribution is 2.18. The SMILES string of the molecule is CCCCCCC/C=C\C/C=C\C/C=C\CCCCCCCCCCCCC(=O)OC(COC(=O)CCCCCCCCCCCCCCCCCCCCCCCCC/C=C\C/C=C\CCCCCCC)COC(OCC[N+](C)(C)C)C(=O)O. The first-order valence-corrected chi connectivity index (χ1v) is 36.5. The number of allylic oxidation sites excluding steroid dienone is 10. The molecule has 0 amide bonds. The van der Waals surface area contributed by atoms with Crippen LogP contribution in [0.4, 0.5) is 0 Å². The van der Waals surface area contributed by atoms with Crippen LogP contribution in [0.5, 0.6) is 0 Å². The number of nitrogens with zero attached hydrogens (tertiary/aromatic N) is 1. The van der Waals surface area contributed by atoms with Gasteiger partial charge in [-0.1, -0.05) is 312 Å². The number of hydrogen-bond donors (Lipinski definition) is 1. The average Bonchev–Trinajstić information content (AvgIpc) is 3.49. The van der Waals surface area contributed by atoms with Crippen LogP contribution in [0, 0.1) is 0 Å². The second kappa shape index (κ2) is 66.9. The molecule has 2 unspecified atom stereocenters. The summed E-state index contributed by atoms with van der Waals surface area (Å²) >= 11 is 0. The highest BCUT2D eigenvalue weighted by molar-refractivity contribution is 5.71. The number of likely N-dealkylation sites (N-methyl/N-ethyl adjacent to an activating group) is 1. The average molecular weight is 1200 g/mol. The van der Waals surface area contributed by atoms with Gasteiger partial charge in [-0.3, -0.25) is 9.59 Å². The van der Waals surface area contributed by atoms with Crippen LogP contribution in [-0.2, 0) is 33.3 Å². The van der Waals surface area contributed by atoms with Crippen LogP contribution in [0.3, 0.4) is 0 Å². The van der Waals surface area contributed by atoms with Gasteiger partial charge in [0.05, 0.1) is 34.4 Å². The zero-order valence-electron chi connectivity index (χ0n) is 56.8. The number of aliphatic carboxylic acids is 1. The fraction of sp³-hybridized carbons (Fsp3) is 0.829. The van der Waals surface area contributed by atoms with Gasteiger partial charge in [-0.15, -0.1) is 0 Å². The number of carboxylic acids is 1. The van der Waals surface area contributed by atoms with Gasteiger partial charge in [0.2, 0.25) is 0 Å². The van der Waals surface area contributed by atoms with Crippen molar-refractivity contribution >= 4 is 17.9 Å². The van der Waals surface area contributed by atoms with E-state index < -0.39 is 24.3 Å². The van der Waals surface area contributed by atoms with Crippen LogP contribution in [-0.4, -0.2) is 87.4 Å². The van der Waals surface area contributed by atoms with Crippen molar-refractivity contribution in [2.45, 2.75) is 360 Å². The molecule has 0 saturated carbocycles. The van der Waals surface area contributed by atoms with E-state index in [0.717, 1.165) is 64.2 Å². The highest BCUT2D eigenvalue weighted by Gasteiger charge is 2.25. The van der Waals surface area contributed by atoms with Crippen molar-refractivity contribution in [3.05, 3.63) is 60.8 Å². The third-order valence-corrected chi connectivity index (χ3v) is 16.2. The number of ether oxygens (including phenoxy) is 4. The maximum absolute atomic E-state index is 12.9. The summed E-state index contributed by atoms with van der Waals surface area (Å²) in [5, 5.41) is 9.75. The van der Waals surface area contributed by atoms with E-state index >= 15 is 0 Å². The molecular formula is C76H140NO8+. The van der Waals surface area contributed by atoms with Crippen molar-refractivity contribution in [2.75, 3.05) is 47.5 Å². The largest absolute Gasteiger partial charge is 0.477 e. The second-order valence-electron chi connectivity index (χ2n) is 25.9. The van der Waals surface area contributed by atoms with Crippen molar-refractivity contribution in [3.63, 3.8) is 0 Å². The first-order valence-electron chi connectivity index (χ1n) is 36.5. The molecule has 0 aliphatic rings. The van der Waals surface area contributed by atoms with Crippen molar-refractivity contribution in [2.24, 2.45) is 0 Å². The molecular weight excluding hydrogens is 1050 g/mol. The number of unbranched alkanes of at least 4 members (excludes halogenated alkanes) is 43. The van der Waals surface area contributed by atoms with Gasteiger partial charge in [-0.25, -0.2) is 4.79 Å². The predicted octanol–water partition coefficient (Wildman–Crippen LogP) is 22.7. The monoisotopic (exact) mass is 1200 g/mol. The fourth-order valence-corrected chi connectivity index (χ4v) is 10.6. The van der Waals surface area contributed by atoms with Gasteiger partial charge in [-0.05, 0) is 83.5 Å². The predicted molar refractivity (Wildman–Crippen MR) is 364 cm³/mol. The van der Waals surface area contributed by atoms with Crippen molar-refractivity contribution in [1.82, 2.24) is 0 Å². The van der Waals surface area contributed by atoms with Gasteiger partial charge in [0.15, 0.2) is 6.10 Å². The Morgan fingerprint density at radius 1 is 0.353 bits per heavy atom. The first-order chi connectivity index (χ1) is 41.6. The Bertz CT molecular complexity index is 1580. The van der Waals surface area contributed by atoms with E-state index in [1.54, 1.807) is 0 Å². The zero-order chi connectivity index (χ0) is 61.9. The molecule has 0 aliphatic carbocycles. The lowest BCUT2D eigenvalue weighted by atomic mass is 10.0. The van der Waals surface area contributed by atoms with E-state index in [0.29, 0.717) is 17.4 Å². The third-order valence-electron chi connectivity index (χ3n) is 16.2. The summed E-state index contributed by atoms with van der Waals surface area (Å²) in [6.45, 7) is 4.90. The summed E-state index contributed by atoms with van der Waals surface area (Å²) in [6.07, 6.45) is 84.9. The molecule has 9 nitrogen and oxygen atoms in total. The van der Waals surface area contributed by atoms with Crippen LogP contribution in [0.15, 0.2) is 60.8 Å². The van der Waals surface area contributed by atoms with E-state index in [1.165, 1.54) is 257 Å². The lowest BCUT2D eigenvalue weighted by Crippen LogP contribution is -2.40. The Morgan fingerprint density at radius 3 is 0.941 bits per heavy atom. The minimum Gasteiger partial charge on any atom is -0.477 e.